The number of thiophene rings is 1. The van der Waals surface area contributed by atoms with E-state index < -0.39 is 0 Å². The number of pyridine rings is 2. The van der Waals surface area contributed by atoms with Crippen molar-refractivity contribution in [3.63, 3.8) is 0 Å². The van der Waals surface area contributed by atoms with Gasteiger partial charge in [0.2, 0.25) is 5.78 Å². The van der Waals surface area contributed by atoms with Crippen LogP contribution in [0.25, 0.3) is 11.1 Å². The Morgan fingerprint density at radius 1 is 1.00 bits per heavy atom. The van der Waals surface area contributed by atoms with Crippen LogP contribution in [0.1, 0.15) is 15.2 Å². The maximum absolute atomic E-state index is 12.9. The van der Waals surface area contributed by atoms with Crippen molar-refractivity contribution in [1.29, 1.82) is 0 Å². The summed E-state index contributed by atoms with van der Waals surface area (Å²) in [6.07, 6.45) is 6.85. The van der Waals surface area contributed by atoms with E-state index in [0.717, 1.165) is 34.1 Å². The van der Waals surface area contributed by atoms with Crippen molar-refractivity contribution in [3.8, 4) is 11.1 Å². The summed E-state index contributed by atoms with van der Waals surface area (Å²) >= 11 is 1.54. The predicted octanol–water partition coefficient (Wildman–Crippen LogP) is 3.27. The zero-order valence-corrected chi connectivity index (χ0v) is 14.4. The molecule has 126 valence electrons. The van der Waals surface area contributed by atoms with E-state index in [1.807, 2.05) is 18.2 Å². The summed E-state index contributed by atoms with van der Waals surface area (Å²) in [5.74, 6) is 0.0298. The molecule has 1 fully saturated rings. The van der Waals surface area contributed by atoms with Gasteiger partial charge in [0, 0.05) is 49.0 Å². The second kappa shape index (κ2) is 7.13. The third-order valence-electron chi connectivity index (χ3n) is 4.17. The molecule has 0 spiro atoms. The molecule has 0 amide bonds. The number of ether oxygens (including phenoxy) is 1. The predicted molar refractivity (Wildman–Crippen MR) is 98.3 cm³/mol. The largest absolute Gasteiger partial charge is 0.378 e. The minimum atomic E-state index is 0.0298. The molecule has 0 radical (unpaired) electrons. The quantitative estimate of drug-likeness (QED) is 0.675. The first-order valence-electron chi connectivity index (χ1n) is 8.14. The van der Waals surface area contributed by atoms with Gasteiger partial charge in [0.05, 0.1) is 23.1 Å². The lowest BCUT2D eigenvalue weighted by Crippen LogP contribution is -2.35. The third kappa shape index (κ3) is 3.31. The molecule has 5 nitrogen and oxygen atoms in total. The molecule has 4 rings (SSSR count). The van der Waals surface area contributed by atoms with E-state index in [9.17, 15) is 4.79 Å². The highest BCUT2D eigenvalue weighted by Gasteiger charge is 2.22. The minimum Gasteiger partial charge on any atom is -0.378 e. The number of hydrogen-bond donors (Lipinski definition) is 0. The minimum absolute atomic E-state index is 0.0298. The molecule has 0 bridgehead atoms. The SMILES string of the molecule is O=C(c1ccncc1)c1cc(-c2ccncc2)c(N2CCOCC2)s1. The molecule has 1 saturated heterocycles. The van der Waals surface area contributed by atoms with Crippen LogP contribution in [0.4, 0.5) is 5.00 Å². The fourth-order valence-electron chi connectivity index (χ4n) is 2.88. The number of aromatic nitrogens is 2. The molecule has 25 heavy (non-hydrogen) atoms. The van der Waals surface area contributed by atoms with Crippen LogP contribution in [0.3, 0.4) is 0 Å². The average molecular weight is 351 g/mol. The monoisotopic (exact) mass is 351 g/mol. The van der Waals surface area contributed by atoms with Gasteiger partial charge < -0.3 is 9.64 Å². The van der Waals surface area contributed by atoms with Gasteiger partial charge >= 0.3 is 0 Å². The van der Waals surface area contributed by atoms with Crippen molar-refractivity contribution in [3.05, 3.63) is 65.6 Å². The average Bonchev–Trinajstić information content (AvgIpc) is 3.15. The van der Waals surface area contributed by atoms with Crippen molar-refractivity contribution in [2.45, 2.75) is 0 Å². The van der Waals surface area contributed by atoms with Crippen LogP contribution in [-0.2, 0) is 4.74 Å². The number of morpholine rings is 1. The standard InChI is InChI=1S/C19H17N3O2S/c23-18(15-3-7-21-8-4-15)17-13-16(14-1-5-20-6-2-14)19(25-17)22-9-11-24-12-10-22/h1-8,13H,9-12H2. The van der Waals surface area contributed by atoms with Crippen LogP contribution < -0.4 is 4.90 Å². The summed E-state index contributed by atoms with van der Waals surface area (Å²) in [5.41, 5.74) is 2.80. The zero-order chi connectivity index (χ0) is 17.1. The highest BCUT2D eigenvalue weighted by Crippen LogP contribution is 2.40. The molecule has 4 heterocycles. The topological polar surface area (TPSA) is 55.3 Å². The van der Waals surface area contributed by atoms with Crippen LogP contribution in [0.5, 0.6) is 0 Å². The Balaban J connectivity index is 1.76. The Morgan fingerprint density at radius 3 is 2.32 bits per heavy atom. The lowest BCUT2D eigenvalue weighted by Gasteiger charge is -2.28. The van der Waals surface area contributed by atoms with E-state index in [0.29, 0.717) is 18.8 Å². The summed E-state index contributed by atoms with van der Waals surface area (Å²) in [6, 6.07) is 9.46. The number of hydrogen-bond acceptors (Lipinski definition) is 6. The van der Waals surface area contributed by atoms with Crippen molar-refractivity contribution >= 4 is 22.1 Å². The van der Waals surface area contributed by atoms with Gasteiger partial charge in [-0.2, -0.15) is 0 Å². The van der Waals surface area contributed by atoms with Crippen LogP contribution in [0.2, 0.25) is 0 Å². The number of nitrogens with zero attached hydrogens (tertiary/aromatic N) is 3. The van der Waals surface area contributed by atoms with E-state index in [2.05, 4.69) is 14.9 Å². The van der Waals surface area contributed by atoms with Gasteiger partial charge in [-0.25, -0.2) is 0 Å². The second-order valence-corrected chi connectivity index (χ2v) is 6.76. The summed E-state index contributed by atoms with van der Waals surface area (Å²) < 4.78 is 5.47. The summed E-state index contributed by atoms with van der Waals surface area (Å²) in [6.45, 7) is 3.09. The van der Waals surface area contributed by atoms with Crippen molar-refractivity contribution in [1.82, 2.24) is 9.97 Å². The van der Waals surface area contributed by atoms with Gasteiger partial charge in [0.15, 0.2) is 0 Å². The lowest BCUT2D eigenvalue weighted by atomic mass is 10.1. The maximum Gasteiger partial charge on any atom is 0.203 e. The Hall–Kier alpha value is -2.57. The van der Waals surface area contributed by atoms with Crippen LogP contribution in [-0.4, -0.2) is 42.1 Å². The van der Waals surface area contributed by atoms with Crippen molar-refractivity contribution in [2.75, 3.05) is 31.2 Å². The smallest absolute Gasteiger partial charge is 0.203 e. The summed E-state index contributed by atoms with van der Waals surface area (Å²) in [5, 5.41) is 1.12. The highest BCUT2D eigenvalue weighted by atomic mass is 32.1. The van der Waals surface area contributed by atoms with Gasteiger partial charge in [-0.15, -0.1) is 11.3 Å². The Labute approximate surface area is 149 Å². The number of ketones is 1. The fourth-order valence-corrected chi connectivity index (χ4v) is 4.07. The van der Waals surface area contributed by atoms with Crippen molar-refractivity contribution < 1.29 is 9.53 Å². The first-order valence-corrected chi connectivity index (χ1v) is 8.96. The van der Waals surface area contributed by atoms with E-state index in [4.69, 9.17) is 4.74 Å². The van der Waals surface area contributed by atoms with E-state index in [-0.39, 0.29) is 5.78 Å². The number of rotatable bonds is 4. The number of carbonyl (C=O) groups excluding carboxylic acids is 1. The Morgan fingerprint density at radius 2 is 1.64 bits per heavy atom. The molecule has 0 unspecified atom stereocenters. The second-order valence-electron chi connectivity index (χ2n) is 5.73. The van der Waals surface area contributed by atoms with Gasteiger partial charge in [0.25, 0.3) is 0 Å². The molecule has 1 aliphatic rings. The first-order chi connectivity index (χ1) is 12.3. The molecule has 0 saturated carbocycles. The van der Waals surface area contributed by atoms with Gasteiger partial charge in [-0.05, 0) is 35.9 Å². The molecule has 6 heteroatoms. The number of anilines is 1. The molecule has 3 aromatic rings. The maximum atomic E-state index is 12.9. The van der Waals surface area contributed by atoms with Crippen LogP contribution in [0, 0.1) is 0 Å². The van der Waals surface area contributed by atoms with Crippen LogP contribution in [0.15, 0.2) is 55.1 Å². The molecule has 1 aliphatic heterocycles. The summed E-state index contributed by atoms with van der Waals surface area (Å²) in [7, 11) is 0. The molecule has 0 N–H and O–H groups in total. The first kappa shape index (κ1) is 15.9. The van der Waals surface area contributed by atoms with Crippen molar-refractivity contribution in [2.24, 2.45) is 0 Å². The molecule has 0 aliphatic carbocycles. The Kier molecular flexibility index (Phi) is 4.54. The molecular weight excluding hydrogens is 334 g/mol. The van der Waals surface area contributed by atoms with E-state index >= 15 is 0 Å². The van der Waals surface area contributed by atoms with E-state index in [1.54, 1.807) is 48.3 Å². The highest BCUT2D eigenvalue weighted by molar-refractivity contribution is 7.18. The zero-order valence-electron chi connectivity index (χ0n) is 13.6. The molecule has 3 aromatic heterocycles. The fraction of sp³-hybridized carbons (Fsp3) is 0.211. The number of carbonyl (C=O) groups is 1. The van der Waals surface area contributed by atoms with Gasteiger partial charge in [-0.1, -0.05) is 0 Å². The Bertz CT molecular complexity index is 859. The third-order valence-corrected chi connectivity index (χ3v) is 5.36. The van der Waals surface area contributed by atoms with Crippen LogP contribution >= 0.6 is 11.3 Å². The molecule has 0 atom stereocenters. The lowest BCUT2D eigenvalue weighted by molar-refractivity contribution is 0.104. The molecule has 0 aromatic carbocycles. The summed E-state index contributed by atoms with van der Waals surface area (Å²) in [4.78, 5) is 24.0. The van der Waals surface area contributed by atoms with Gasteiger partial charge in [0.1, 0.15) is 0 Å². The van der Waals surface area contributed by atoms with E-state index in [1.165, 1.54) is 0 Å². The normalized spacial score (nSPS) is 14.5. The van der Waals surface area contributed by atoms with Gasteiger partial charge in [-0.3, -0.25) is 14.8 Å². The molecular formula is C19H17N3O2S.